The molecule has 0 aliphatic carbocycles. The molecule has 0 radical (unpaired) electrons. The van der Waals surface area contributed by atoms with Crippen molar-refractivity contribution in [2.24, 2.45) is 7.05 Å². The zero-order valence-electron chi connectivity index (χ0n) is 12.9. The summed E-state index contributed by atoms with van der Waals surface area (Å²) in [7, 11) is 1.87. The molecule has 6 nitrogen and oxygen atoms in total. The molecule has 0 aliphatic heterocycles. The van der Waals surface area contributed by atoms with Gasteiger partial charge in [-0.25, -0.2) is 0 Å². The molecule has 1 atom stereocenters. The van der Waals surface area contributed by atoms with Crippen molar-refractivity contribution in [3.63, 3.8) is 0 Å². The van der Waals surface area contributed by atoms with Gasteiger partial charge in [0, 0.05) is 7.05 Å². The van der Waals surface area contributed by atoms with Crippen molar-refractivity contribution >= 4 is 16.9 Å². The van der Waals surface area contributed by atoms with Crippen LogP contribution in [0.2, 0.25) is 0 Å². The highest BCUT2D eigenvalue weighted by Gasteiger charge is 2.15. The van der Waals surface area contributed by atoms with Gasteiger partial charge in [0.05, 0.1) is 17.9 Å². The van der Waals surface area contributed by atoms with Crippen LogP contribution in [-0.2, 0) is 18.4 Å². The van der Waals surface area contributed by atoms with E-state index in [0.717, 1.165) is 22.3 Å². The van der Waals surface area contributed by atoms with Crippen molar-refractivity contribution in [1.29, 1.82) is 0 Å². The van der Waals surface area contributed by atoms with Gasteiger partial charge in [-0.1, -0.05) is 30.3 Å². The van der Waals surface area contributed by atoms with Crippen LogP contribution in [-0.4, -0.2) is 25.5 Å². The summed E-state index contributed by atoms with van der Waals surface area (Å²) in [5.41, 5.74) is 3.80. The van der Waals surface area contributed by atoms with Gasteiger partial charge in [-0.05, 0) is 19.4 Å². The van der Waals surface area contributed by atoms with Gasteiger partial charge >= 0.3 is 0 Å². The Morgan fingerprint density at radius 2 is 2.05 bits per heavy atom. The van der Waals surface area contributed by atoms with E-state index < -0.39 is 0 Å². The van der Waals surface area contributed by atoms with Crippen LogP contribution in [0.3, 0.4) is 0 Å². The molecular weight excluding hydrogens is 278 g/mol. The Labute approximate surface area is 128 Å². The van der Waals surface area contributed by atoms with E-state index in [9.17, 15) is 4.79 Å². The number of hydrogen-bond acceptors (Lipinski definition) is 3. The number of rotatable bonds is 4. The van der Waals surface area contributed by atoms with E-state index in [4.69, 9.17) is 0 Å². The first-order chi connectivity index (χ1) is 10.6. The number of carbonyl (C=O) groups is 1. The van der Waals surface area contributed by atoms with Crippen LogP contribution in [0.5, 0.6) is 0 Å². The number of carbonyl (C=O) groups excluding carboxylic acids is 1. The number of nitrogens with zero attached hydrogens (tertiary/aromatic N) is 4. The van der Waals surface area contributed by atoms with E-state index in [1.165, 1.54) is 0 Å². The van der Waals surface area contributed by atoms with Gasteiger partial charge in [-0.2, -0.15) is 10.2 Å². The normalized spacial score (nSPS) is 12.5. The molecule has 0 unspecified atom stereocenters. The first-order valence-electron chi connectivity index (χ1n) is 7.25. The van der Waals surface area contributed by atoms with E-state index in [1.807, 2.05) is 51.2 Å². The summed E-state index contributed by atoms with van der Waals surface area (Å²) in [6.45, 7) is 4.08. The van der Waals surface area contributed by atoms with E-state index in [-0.39, 0.29) is 18.5 Å². The number of hydrogen-bond donors (Lipinski definition) is 1. The monoisotopic (exact) mass is 297 g/mol. The molecule has 0 saturated heterocycles. The largest absolute Gasteiger partial charge is 0.348 e. The molecule has 22 heavy (non-hydrogen) atoms. The molecule has 0 spiro atoms. The quantitative estimate of drug-likeness (QED) is 0.800. The molecule has 3 rings (SSSR count). The highest BCUT2D eigenvalue weighted by Crippen LogP contribution is 2.17. The van der Waals surface area contributed by atoms with Crippen LogP contribution in [0.15, 0.2) is 36.5 Å². The number of aryl methyl sites for hydroxylation is 2. The molecule has 0 bridgehead atoms. The third-order valence-electron chi connectivity index (χ3n) is 3.78. The van der Waals surface area contributed by atoms with Crippen LogP contribution < -0.4 is 5.32 Å². The summed E-state index contributed by atoms with van der Waals surface area (Å²) in [4.78, 5) is 12.3. The molecular formula is C16H19N5O. The number of amides is 1. The van der Waals surface area contributed by atoms with Gasteiger partial charge in [0.1, 0.15) is 17.6 Å². The van der Waals surface area contributed by atoms with E-state index in [0.29, 0.717) is 0 Å². The van der Waals surface area contributed by atoms with Gasteiger partial charge in [0.2, 0.25) is 5.91 Å². The fourth-order valence-electron chi connectivity index (χ4n) is 2.68. The first-order valence-corrected chi connectivity index (χ1v) is 7.25. The van der Waals surface area contributed by atoms with Gasteiger partial charge < -0.3 is 5.32 Å². The topological polar surface area (TPSA) is 64.7 Å². The second-order valence-electron chi connectivity index (χ2n) is 5.44. The fourth-order valence-corrected chi connectivity index (χ4v) is 2.68. The molecule has 0 aliphatic rings. The van der Waals surface area contributed by atoms with Crippen LogP contribution in [0.25, 0.3) is 11.0 Å². The van der Waals surface area contributed by atoms with Crippen LogP contribution in [0.4, 0.5) is 0 Å². The Kier molecular flexibility index (Phi) is 3.66. The second kappa shape index (κ2) is 5.63. The molecule has 3 aromatic rings. The zero-order valence-corrected chi connectivity index (χ0v) is 12.9. The lowest BCUT2D eigenvalue weighted by Crippen LogP contribution is -2.30. The first kappa shape index (κ1) is 14.3. The molecule has 2 heterocycles. The second-order valence-corrected chi connectivity index (χ2v) is 5.44. The molecule has 1 aromatic carbocycles. The fraction of sp³-hybridized carbons (Fsp3) is 0.312. The van der Waals surface area contributed by atoms with Gasteiger partial charge in [0.25, 0.3) is 0 Å². The Bertz CT molecular complexity index is 803. The number of fused-ring (bicyclic) bond motifs is 1. The van der Waals surface area contributed by atoms with Crippen LogP contribution in [0, 0.1) is 6.92 Å². The van der Waals surface area contributed by atoms with Crippen LogP contribution in [0.1, 0.15) is 24.2 Å². The third-order valence-corrected chi connectivity index (χ3v) is 3.78. The summed E-state index contributed by atoms with van der Waals surface area (Å²) in [5.74, 6) is -0.0652. The van der Waals surface area contributed by atoms with Crippen molar-refractivity contribution in [2.75, 3.05) is 0 Å². The van der Waals surface area contributed by atoms with Gasteiger partial charge in [-0.3, -0.25) is 14.2 Å². The van der Waals surface area contributed by atoms with Crippen molar-refractivity contribution in [2.45, 2.75) is 26.4 Å². The SMILES string of the molecule is Cc1nn(C)c2cnn(CC(=O)N[C@@H](C)c3ccccc3)c12. The Hall–Kier alpha value is -2.63. The standard InChI is InChI=1S/C16H19N5O/c1-11(13-7-5-4-6-8-13)18-15(22)10-21-16-12(2)19-20(3)14(16)9-17-21/h4-9,11H,10H2,1-3H3,(H,18,22)/t11-/m0/s1. The number of aromatic nitrogens is 4. The zero-order chi connectivity index (χ0) is 15.7. The smallest absolute Gasteiger partial charge is 0.242 e. The van der Waals surface area contributed by atoms with Crippen LogP contribution >= 0.6 is 0 Å². The minimum absolute atomic E-state index is 0.0326. The Balaban J connectivity index is 1.74. The lowest BCUT2D eigenvalue weighted by Gasteiger charge is -2.14. The molecule has 1 amide bonds. The minimum Gasteiger partial charge on any atom is -0.348 e. The lowest BCUT2D eigenvalue weighted by atomic mass is 10.1. The van der Waals surface area contributed by atoms with E-state index in [1.54, 1.807) is 15.6 Å². The highest BCUT2D eigenvalue weighted by molar-refractivity contribution is 5.81. The summed E-state index contributed by atoms with van der Waals surface area (Å²) in [6.07, 6.45) is 1.74. The molecule has 1 N–H and O–H groups in total. The number of benzene rings is 1. The van der Waals surface area contributed by atoms with Crippen molar-refractivity contribution < 1.29 is 4.79 Å². The maximum absolute atomic E-state index is 12.3. The minimum atomic E-state index is -0.0652. The van der Waals surface area contributed by atoms with Gasteiger partial charge in [-0.15, -0.1) is 0 Å². The highest BCUT2D eigenvalue weighted by atomic mass is 16.2. The predicted octanol–water partition coefficient (Wildman–Crippen LogP) is 1.96. The average molecular weight is 297 g/mol. The van der Waals surface area contributed by atoms with Gasteiger partial charge in [0.15, 0.2) is 0 Å². The van der Waals surface area contributed by atoms with Crippen molar-refractivity contribution in [3.05, 3.63) is 47.8 Å². The van der Waals surface area contributed by atoms with Crippen molar-refractivity contribution in [3.8, 4) is 0 Å². The third kappa shape index (κ3) is 2.59. The van der Waals surface area contributed by atoms with E-state index in [2.05, 4.69) is 15.5 Å². The molecule has 0 saturated carbocycles. The summed E-state index contributed by atoms with van der Waals surface area (Å²) < 4.78 is 3.48. The molecule has 6 heteroatoms. The maximum Gasteiger partial charge on any atom is 0.242 e. The van der Waals surface area contributed by atoms with E-state index >= 15 is 0 Å². The molecule has 0 fully saturated rings. The maximum atomic E-state index is 12.3. The molecule has 114 valence electrons. The number of nitrogens with one attached hydrogen (secondary N) is 1. The lowest BCUT2D eigenvalue weighted by molar-refractivity contribution is -0.122. The predicted molar refractivity (Wildman–Crippen MR) is 84.2 cm³/mol. The molecule has 2 aromatic heterocycles. The Morgan fingerprint density at radius 3 is 2.77 bits per heavy atom. The van der Waals surface area contributed by atoms with Crippen molar-refractivity contribution in [1.82, 2.24) is 24.9 Å². The Morgan fingerprint density at radius 1 is 1.32 bits per heavy atom. The average Bonchev–Trinajstić information content (AvgIpc) is 3.03. The summed E-state index contributed by atoms with van der Waals surface area (Å²) in [6, 6.07) is 9.87. The summed E-state index contributed by atoms with van der Waals surface area (Å²) >= 11 is 0. The summed E-state index contributed by atoms with van der Waals surface area (Å²) in [5, 5.41) is 11.6.